The number of ether oxygens (including phenoxy) is 1. The van der Waals surface area contributed by atoms with Gasteiger partial charge in [0.1, 0.15) is 11.6 Å². The number of carbonyl (C=O) groups is 1. The van der Waals surface area contributed by atoms with Gasteiger partial charge < -0.3 is 15.0 Å². The fourth-order valence-electron chi connectivity index (χ4n) is 5.06. The molecule has 5 nitrogen and oxygen atoms in total. The van der Waals surface area contributed by atoms with E-state index in [1.807, 2.05) is 18.3 Å². The normalized spacial score (nSPS) is 17.6. The molecule has 0 unspecified atom stereocenters. The van der Waals surface area contributed by atoms with Crippen LogP contribution in [0.2, 0.25) is 0 Å². The first kappa shape index (κ1) is 19.5. The van der Waals surface area contributed by atoms with Gasteiger partial charge >= 0.3 is 0 Å². The highest BCUT2D eigenvalue weighted by molar-refractivity contribution is 6.01. The summed E-state index contributed by atoms with van der Waals surface area (Å²) in [5.41, 5.74) is 7.76. The molecule has 1 aliphatic heterocycles. The third-order valence-corrected chi connectivity index (χ3v) is 6.95. The largest absolute Gasteiger partial charge is 0.493 e. The van der Waals surface area contributed by atoms with Crippen LogP contribution < -0.4 is 10.1 Å². The van der Waals surface area contributed by atoms with Gasteiger partial charge in [0.2, 0.25) is 0 Å². The molecule has 2 aliphatic carbocycles. The van der Waals surface area contributed by atoms with Crippen LogP contribution in [0, 0.1) is 11.7 Å². The van der Waals surface area contributed by atoms with E-state index in [1.54, 1.807) is 0 Å². The minimum absolute atomic E-state index is 0.0322. The molecular weight excluding hydrogens is 405 g/mol. The Kier molecular flexibility index (Phi) is 4.23. The first-order chi connectivity index (χ1) is 15.4. The minimum Gasteiger partial charge on any atom is -0.493 e. The molecule has 1 fully saturated rings. The van der Waals surface area contributed by atoms with Gasteiger partial charge in [-0.25, -0.2) is 4.39 Å². The average molecular weight is 432 g/mol. The Labute approximate surface area is 186 Å². The van der Waals surface area contributed by atoms with Crippen molar-refractivity contribution in [3.63, 3.8) is 0 Å². The minimum atomic E-state index is -0.343. The molecule has 1 aromatic carbocycles. The molecule has 0 bridgehead atoms. The number of hydrogen-bond donors (Lipinski definition) is 2. The Morgan fingerprint density at radius 1 is 1.19 bits per heavy atom. The van der Waals surface area contributed by atoms with Crippen LogP contribution in [0.4, 0.5) is 4.39 Å². The third kappa shape index (κ3) is 3.04. The van der Waals surface area contributed by atoms with Crippen LogP contribution in [0.15, 0.2) is 30.5 Å². The zero-order valence-electron chi connectivity index (χ0n) is 18.3. The van der Waals surface area contributed by atoms with Crippen molar-refractivity contribution in [2.24, 2.45) is 5.92 Å². The van der Waals surface area contributed by atoms with E-state index in [4.69, 9.17) is 4.74 Å². The van der Waals surface area contributed by atoms with Crippen LogP contribution in [0.3, 0.4) is 0 Å². The number of halogens is 1. The summed E-state index contributed by atoms with van der Waals surface area (Å²) < 4.78 is 20.1. The second-order valence-corrected chi connectivity index (χ2v) is 9.80. The molecule has 3 aromatic rings. The van der Waals surface area contributed by atoms with Crippen LogP contribution in [0.1, 0.15) is 53.9 Å². The fourth-order valence-corrected chi connectivity index (χ4v) is 5.06. The summed E-state index contributed by atoms with van der Waals surface area (Å²) in [5.74, 6) is 0.554. The predicted octanol–water partition coefficient (Wildman–Crippen LogP) is 4.79. The van der Waals surface area contributed by atoms with Crippen molar-refractivity contribution >= 4 is 5.91 Å². The summed E-state index contributed by atoms with van der Waals surface area (Å²) in [6.07, 6.45) is 5.77. The fraction of sp³-hybridized carbons (Fsp3) is 0.385. The highest BCUT2D eigenvalue weighted by atomic mass is 19.1. The van der Waals surface area contributed by atoms with Gasteiger partial charge in [0, 0.05) is 41.0 Å². The van der Waals surface area contributed by atoms with E-state index in [1.165, 1.54) is 12.1 Å². The predicted molar refractivity (Wildman–Crippen MR) is 120 cm³/mol. The number of aromatic amines is 1. The molecule has 0 radical (unpaired) electrons. The number of benzene rings is 1. The SMILES string of the molecule is CC(C)COc1cc(F)cc(-c2cc3c(cn2)CCc2c-3[nH]c3c2C(=O)NCC32CC2)c1. The summed E-state index contributed by atoms with van der Waals surface area (Å²) in [6.45, 7) is 5.37. The number of H-pyrrole nitrogens is 1. The van der Waals surface area contributed by atoms with E-state index in [0.29, 0.717) is 29.5 Å². The number of rotatable bonds is 4. The van der Waals surface area contributed by atoms with Crippen LogP contribution in [-0.2, 0) is 18.3 Å². The monoisotopic (exact) mass is 431 g/mol. The summed E-state index contributed by atoms with van der Waals surface area (Å²) in [7, 11) is 0. The lowest BCUT2D eigenvalue weighted by molar-refractivity contribution is 0.0936. The molecule has 3 aliphatic rings. The molecule has 32 heavy (non-hydrogen) atoms. The summed E-state index contributed by atoms with van der Waals surface area (Å²) in [5, 5.41) is 3.09. The molecule has 3 heterocycles. The molecular formula is C26H26FN3O2. The van der Waals surface area contributed by atoms with Crippen molar-refractivity contribution in [3.05, 3.63) is 58.7 Å². The zero-order chi connectivity index (χ0) is 22.0. The number of nitrogens with one attached hydrogen (secondary N) is 2. The van der Waals surface area contributed by atoms with Gasteiger partial charge in [-0.2, -0.15) is 0 Å². The van der Waals surface area contributed by atoms with E-state index < -0.39 is 0 Å². The van der Waals surface area contributed by atoms with Gasteiger partial charge in [-0.05, 0) is 60.9 Å². The second kappa shape index (κ2) is 6.92. The van der Waals surface area contributed by atoms with E-state index >= 15 is 0 Å². The number of hydrogen-bond acceptors (Lipinski definition) is 3. The molecule has 0 saturated heterocycles. The molecule has 0 atom stereocenters. The lowest BCUT2D eigenvalue weighted by Gasteiger charge is -2.23. The van der Waals surface area contributed by atoms with Crippen LogP contribution in [0.5, 0.6) is 5.75 Å². The zero-order valence-corrected chi connectivity index (χ0v) is 18.3. The van der Waals surface area contributed by atoms with Crippen molar-refractivity contribution in [2.75, 3.05) is 13.2 Å². The Bertz CT molecular complexity index is 1260. The standard InChI is InChI=1S/C26H26FN3O2/c1-14(2)12-32-18-8-16(7-17(27)9-18)21-10-20-15(11-28-21)3-4-19-22-24(30-23(19)20)26(5-6-26)13-29-25(22)31/h7-11,14,30H,3-6,12-13H2,1-2H3,(H,29,31). The van der Waals surface area contributed by atoms with Crippen molar-refractivity contribution < 1.29 is 13.9 Å². The summed E-state index contributed by atoms with van der Waals surface area (Å²) in [4.78, 5) is 21.0. The Balaban J connectivity index is 1.43. The number of aryl methyl sites for hydroxylation is 1. The van der Waals surface area contributed by atoms with Gasteiger partial charge in [0.15, 0.2) is 0 Å². The molecule has 1 amide bonds. The number of fused-ring (bicyclic) bond motifs is 6. The average Bonchev–Trinajstić information content (AvgIpc) is 3.44. The number of amides is 1. The first-order valence-corrected chi connectivity index (χ1v) is 11.4. The van der Waals surface area contributed by atoms with Crippen molar-refractivity contribution in [2.45, 2.75) is 44.9 Å². The van der Waals surface area contributed by atoms with E-state index in [-0.39, 0.29) is 17.1 Å². The highest BCUT2D eigenvalue weighted by Gasteiger charge is 2.51. The topological polar surface area (TPSA) is 67.0 Å². The molecule has 1 spiro atoms. The Hall–Kier alpha value is -3.15. The number of aromatic nitrogens is 2. The van der Waals surface area contributed by atoms with Crippen LogP contribution in [-0.4, -0.2) is 29.0 Å². The van der Waals surface area contributed by atoms with Crippen LogP contribution in [0.25, 0.3) is 22.5 Å². The Morgan fingerprint density at radius 2 is 2.03 bits per heavy atom. The van der Waals surface area contributed by atoms with Gasteiger partial charge in [-0.3, -0.25) is 9.78 Å². The molecule has 2 aromatic heterocycles. The maximum absolute atomic E-state index is 14.3. The van der Waals surface area contributed by atoms with Crippen molar-refractivity contribution in [1.29, 1.82) is 0 Å². The molecule has 2 N–H and O–H groups in total. The summed E-state index contributed by atoms with van der Waals surface area (Å²) >= 11 is 0. The lowest BCUT2D eigenvalue weighted by atomic mass is 9.86. The molecule has 6 rings (SSSR count). The van der Waals surface area contributed by atoms with Gasteiger partial charge in [0.25, 0.3) is 5.91 Å². The number of nitrogens with zero attached hydrogens (tertiary/aromatic N) is 1. The van der Waals surface area contributed by atoms with E-state index in [2.05, 4.69) is 29.1 Å². The second-order valence-electron chi connectivity index (χ2n) is 9.80. The first-order valence-electron chi connectivity index (χ1n) is 11.4. The van der Waals surface area contributed by atoms with Crippen molar-refractivity contribution in [1.82, 2.24) is 15.3 Å². The Morgan fingerprint density at radius 3 is 2.81 bits per heavy atom. The molecule has 1 saturated carbocycles. The number of pyridine rings is 1. The maximum Gasteiger partial charge on any atom is 0.253 e. The van der Waals surface area contributed by atoms with Crippen molar-refractivity contribution in [3.8, 4) is 28.3 Å². The van der Waals surface area contributed by atoms with Crippen LogP contribution >= 0.6 is 0 Å². The summed E-state index contributed by atoms with van der Waals surface area (Å²) in [6, 6.07) is 6.77. The lowest BCUT2D eigenvalue weighted by Crippen LogP contribution is -2.39. The smallest absolute Gasteiger partial charge is 0.253 e. The third-order valence-electron chi connectivity index (χ3n) is 6.95. The number of carbonyl (C=O) groups excluding carboxylic acids is 1. The van der Waals surface area contributed by atoms with Gasteiger partial charge in [0.05, 0.1) is 23.6 Å². The quantitative estimate of drug-likeness (QED) is 0.624. The van der Waals surface area contributed by atoms with Gasteiger partial charge in [-0.1, -0.05) is 13.8 Å². The van der Waals surface area contributed by atoms with Gasteiger partial charge in [-0.15, -0.1) is 0 Å². The van der Waals surface area contributed by atoms with E-state index in [9.17, 15) is 9.18 Å². The maximum atomic E-state index is 14.3. The molecule has 164 valence electrons. The highest BCUT2D eigenvalue weighted by Crippen LogP contribution is 2.52. The van der Waals surface area contributed by atoms with E-state index in [0.717, 1.165) is 65.9 Å². The molecule has 6 heteroatoms.